The lowest BCUT2D eigenvalue weighted by Gasteiger charge is -2.04. The lowest BCUT2D eigenvalue weighted by Crippen LogP contribution is -2.05. The standard InChI is InChI=1S/C13H15F2N3/c1-8(2)6-18-7-11(16)13(17-18)12-9(14)4-3-5-10(12)15/h3-5,7-8H,6,16H2,1-2H3. The van der Waals surface area contributed by atoms with Crippen LogP contribution in [0.1, 0.15) is 13.8 Å². The third kappa shape index (κ3) is 2.34. The maximum atomic E-state index is 13.6. The first-order valence-corrected chi connectivity index (χ1v) is 5.76. The van der Waals surface area contributed by atoms with Crippen LogP contribution in [0.5, 0.6) is 0 Å². The van der Waals surface area contributed by atoms with Crippen LogP contribution in [0.2, 0.25) is 0 Å². The van der Waals surface area contributed by atoms with Crippen LogP contribution in [0.3, 0.4) is 0 Å². The van der Waals surface area contributed by atoms with Crippen molar-refractivity contribution in [2.75, 3.05) is 5.73 Å². The van der Waals surface area contributed by atoms with Gasteiger partial charge >= 0.3 is 0 Å². The number of nitrogens with two attached hydrogens (primary N) is 1. The molecule has 2 rings (SSSR count). The Morgan fingerprint density at radius 1 is 1.28 bits per heavy atom. The van der Waals surface area contributed by atoms with E-state index in [4.69, 9.17) is 5.73 Å². The van der Waals surface area contributed by atoms with Gasteiger partial charge in [-0.05, 0) is 18.1 Å². The van der Waals surface area contributed by atoms with Gasteiger partial charge in [0.2, 0.25) is 0 Å². The van der Waals surface area contributed by atoms with Crippen LogP contribution < -0.4 is 5.73 Å². The number of hydrogen-bond donors (Lipinski definition) is 1. The average molecular weight is 251 g/mol. The Labute approximate surface area is 104 Å². The predicted molar refractivity (Wildman–Crippen MR) is 66.8 cm³/mol. The molecule has 3 nitrogen and oxygen atoms in total. The molecule has 96 valence electrons. The highest BCUT2D eigenvalue weighted by molar-refractivity contribution is 5.72. The normalized spacial score (nSPS) is 11.2. The molecule has 1 aromatic heterocycles. The Kier molecular flexibility index (Phi) is 3.32. The van der Waals surface area contributed by atoms with Gasteiger partial charge in [0.05, 0.1) is 11.3 Å². The summed E-state index contributed by atoms with van der Waals surface area (Å²) in [7, 11) is 0. The number of nitrogen functional groups attached to an aromatic ring is 1. The second-order valence-electron chi connectivity index (χ2n) is 4.65. The van der Waals surface area contributed by atoms with Crippen LogP contribution in [0.15, 0.2) is 24.4 Å². The molecular weight excluding hydrogens is 236 g/mol. The van der Waals surface area contributed by atoms with Gasteiger partial charge in [-0.1, -0.05) is 19.9 Å². The molecule has 0 spiro atoms. The molecular formula is C13H15F2N3. The van der Waals surface area contributed by atoms with E-state index >= 15 is 0 Å². The summed E-state index contributed by atoms with van der Waals surface area (Å²) in [5, 5.41) is 4.15. The number of benzene rings is 1. The molecule has 5 heteroatoms. The number of rotatable bonds is 3. The van der Waals surface area contributed by atoms with Crippen LogP contribution in [0.4, 0.5) is 14.5 Å². The molecule has 0 aliphatic rings. The first-order chi connectivity index (χ1) is 8.49. The minimum absolute atomic E-state index is 0.159. The SMILES string of the molecule is CC(C)Cn1cc(N)c(-c2c(F)cccc2F)n1. The van der Waals surface area contributed by atoms with Crippen LogP contribution in [-0.4, -0.2) is 9.78 Å². The van der Waals surface area contributed by atoms with Crippen LogP contribution >= 0.6 is 0 Å². The summed E-state index contributed by atoms with van der Waals surface area (Å²) in [6, 6.07) is 3.70. The van der Waals surface area contributed by atoms with Gasteiger partial charge in [0, 0.05) is 12.7 Å². The summed E-state index contributed by atoms with van der Waals surface area (Å²) in [6.07, 6.45) is 1.60. The summed E-state index contributed by atoms with van der Waals surface area (Å²) in [6.45, 7) is 4.71. The highest BCUT2D eigenvalue weighted by Crippen LogP contribution is 2.29. The highest BCUT2D eigenvalue weighted by atomic mass is 19.1. The van der Waals surface area contributed by atoms with E-state index in [9.17, 15) is 8.78 Å². The van der Waals surface area contributed by atoms with E-state index in [1.165, 1.54) is 18.2 Å². The van der Waals surface area contributed by atoms with Crippen molar-refractivity contribution in [1.29, 1.82) is 0 Å². The number of nitrogens with zero attached hydrogens (tertiary/aromatic N) is 2. The first-order valence-electron chi connectivity index (χ1n) is 5.76. The summed E-state index contributed by atoms with van der Waals surface area (Å²) in [4.78, 5) is 0. The van der Waals surface area contributed by atoms with E-state index in [1.54, 1.807) is 10.9 Å². The Morgan fingerprint density at radius 3 is 2.44 bits per heavy atom. The van der Waals surface area contributed by atoms with Crippen molar-refractivity contribution < 1.29 is 8.78 Å². The maximum Gasteiger partial charge on any atom is 0.135 e. The van der Waals surface area contributed by atoms with Gasteiger partial charge in [-0.2, -0.15) is 5.10 Å². The molecule has 0 fully saturated rings. The number of aromatic nitrogens is 2. The summed E-state index contributed by atoms with van der Waals surface area (Å²) in [5.74, 6) is -0.935. The van der Waals surface area contributed by atoms with Gasteiger partial charge < -0.3 is 5.73 Å². The monoisotopic (exact) mass is 251 g/mol. The molecule has 18 heavy (non-hydrogen) atoms. The second-order valence-corrected chi connectivity index (χ2v) is 4.65. The Bertz CT molecular complexity index is 541. The maximum absolute atomic E-state index is 13.6. The Balaban J connectivity index is 2.48. The predicted octanol–water partition coefficient (Wildman–Crippen LogP) is 3.07. The molecule has 2 aromatic rings. The molecule has 0 saturated heterocycles. The number of anilines is 1. The summed E-state index contributed by atoms with van der Waals surface area (Å²) < 4.78 is 28.9. The van der Waals surface area contributed by atoms with Crippen molar-refractivity contribution in [2.24, 2.45) is 5.92 Å². The van der Waals surface area contributed by atoms with Crippen molar-refractivity contribution >= 4 is 5.69 Å². The topological polar surface area (TPSA) is 43.8 Å². The van der Waals surface area contributed by atoms with E-state index < -0.39 is 11.6 Å². The fourth-order valence-corrected chi connectivity index (χ4v) is 1.82. The minimum atomic E-state index is -0.656. The quantitative estimate of drug-likeness (QED) is 0.911. The molecule has 1 heterocycles. The summed E-state index contributed by atoms with van der Waals surface area (Å²) >= 11 is 0. The molecule has 0 radical (unpaired) electrons. The highest BCUT2D eigenvalue weighted by Gasteiger charge is 2.17. The lowest BCUT2D eigenvalue weighted by molar-refractivity contribution is 0.483. The third-order valence-electron chi connectivity index (χ3n) is 2.54. The van der Waals surface area contributed by atoms with Crippen LogP contribution in [-0.2, 0) is 6.54 Å². The van der Waals surface area contributed by atoms with Gasteiger partial charge in [-0.15, -0.1) is 0 Å². The number of hydrogen-bond acceptors (Lipinski definition) is 2. The molecule has 2 N–H and O–H groups in total. The minimum Gasteiger partial charge on any atom is -0.396 e. The fraction of sp³-hybridized carbons (Fsp3) is 0.308. The van der Waals surface area contributed by atoms with Gasteiger partial charge in [0.25, 0.3) is 0 Å². The number of halogens is 2. The molecule has 0 saturated carbocycles. The summed E-state index contributed by atoms with van der Waals surface area (Å²) in [5.41, 5.74) is 6.04. The van der Waals surface area contributed by atoms with Gasteiger partial charge in [-0.3, -0.25) is 4.68 Å². The smallest absolute Gasteiger partial charge is 0.135 e. The second kappa shape index (κ2) is 4.76. The molecule has 1 aromatic carbocycles. The van der Waals surface area contributed by atoms with E-state index in [0.717, 1.165) is 0 Å². The zero-order valence-corrected chi connectivity index (χ0v) is 10.3. The molecule has 0 bridgehead atoms. The van der Waals surface area contributed by atoms with Gasteiger partial charge in [0.1, 0.15) is 17.3 Å². The van der Waals surface area contributed by atoms with Crippen LogP contribution in [0, 0.1) is 17.6 Å². The Hall–Kier alpha value is -1.91. The van der Waals surface area contributed by atoms with E-state index in [0.29, 0.717) is 12.5 Å². The zero-order chi connectivity index (χ0) is 13.3. The average Bonchev–Trinajstić information content (AvgIpc) is 2.58. The van der Waals surface area contributed by atoms with Crippen molar-refractivity contribution in [3.63, 3.8) is 0 Å². The van der Waals surface area contributed by atoms with Crippen LogP contribution in [0.25, 0.3) is 11.3 Å². The van der Waals surface area contributed by atoms with Gasteiger partial charge in [0.15, 0.2) is 0 Å². The Morgan fingerprint density at radius 2 is 1.89 bits per heavy atom. The van der Waals surface area contributed by atoms with E-state index in [2.05, 4.69) is 5.10 Å². The van der Waals surface area contributed by atoms with Crippen molar-refractivity contribution in [3.05, 3.63) is 36.0 Å². The first kappa shape index (κ1) is 12.5. The van der Waals surface area contributed by atoms with Crippen molar-refractivity contribution in [3.8, 4) is 11.3 Å². The molecule has 0 aliphatic carbocycles. The largest absolute Gasteiger partial charge is 0.396 e. The van der Waals surface area contributed by atoms with Gasteiger partial charge in [-0.25, -0.2) is 8.78 Å². The molecule has 0 aliphatic heterocycles. The van der Waals surface area contributed by atoms with Crippen molar-refractivity contribution in [1.82, 2.24) is 9.78 Å². The lowest BCUT2D eigenvalue weighted by atomic mass is 10.1. The van der Waals surface area contributed by atoms with E-state index in [-0.39, 0.29) is 16.9 Å². The van der Waals surface area contributed by atoms with E-state index in [1.807, 2.05) is 13.8 Å². The molecule has 0 atom stereocenters. The molecule has 0 unspecified atom stereocenters. The fourth-order valence-electron chi connectivity index (χ4n) is 1.82. The van der Waals surface area contributed by atoms with Crippen molar-refractivity contribution in [2.45, 2.75) is 20.4 Å². The molecule has 0 amide bonds. The zero-order valence-electron chi connectivity index (χ0n) is 10.3. The third-order valence-corrected chi connectivity index (χ3v) is 2.54.